The first-order valence-electron chi connectivity index (χ1n) is 7.82. The molecule has 1 aromatic heterocycles. The number of likely N-dealkylation sites (tertiary alicyclic amines) is 1. The van der Waals surface area contributed by atoms with Crippen molar-refractivity contribution in [3.63, 3.8) is 0 Å². The average Bonchev–Trinajstić information content (AvgIpc) is 2.47. The van der Waals surface area contributed by atoms with Gasteiger partial charge in [-0.15, -0.1) is 0 Å². The van der Waals surface area contributed by atoms with Crippen molar-refractivity contribution in [3.05, 3.63) is 24.0 Å². The Bertz CT molecular complexity index is 477. The van der Waals surface area contributed by atoms with Gasteiger partial charge in [-0.2, -0.15) is 0 Å². The van der Waals surface area contributed by atoms with E-state index in [4.69, 9.17) is 5.73 Å². The van der Waals surface area contributed by atoms with Crippen molar-refractivity contribution in [2.75, 3.05) is 18.4 Å². The van der Waals surface area contributed by atoms with Crippen LogP contribution in [0.5, 0.6) is 0 Å². The number of anilines is 1. The molecular formula is C16H26N4O. The number of carbonyl (C=O) groups excluding carboxylic acids is 1. The Hall–Kier alpha value is -1.62. The molecule has 2 heterocycles. The van der Waals surface area contributed by atoms with Crippen LogP contribution in [-0.4, -0.2) is 34.9 Å². The maximum Gasteiger partial charge on any atom is 0.221 e. The highest BCUT2D eigenvalue weighted by Gasteiger charge is 2.28. The third-order valence-electron chi connectivity index (χ3n) is 4.17. The number of nitrogens with zero attached hydrogens (tertiary/aromatic N) is 2. The molecule has 5 nitrogen and oxygen atoms in total. The number of primary amides is 1. The fourth-order valence-electron chi connectivity index (χ4n) is 2.78. The van der Waals surface area contributed by atoms with E-state index >= 15 is 0 Å². The van der Waals surface area contributed by atoms with Crippen molar-refractivity contribution < 1.29 is 4.79 Å². The Labute approximate surface area is 126 Å². The molecule has 2 atom stereocenters. The number of nitrogens with two attached hydrogens (primary N) is 1. The molecule has 1 amide bonds. The molecule has 0 aliphatic carbocycles. The van der Waals surface area contributed by atoms with Crippen LogP contribution in [0.2, 0.25) is 0 Å². The van der Waals surface area contributed by atoms with Gasteiger partial charge >= 0.3 is 0 Å². The number of hydrogen-bond acceptors (Lipinski definition) is 4. The van der Waals surface area contributed by atoms with Gasteiger partial charge in [-0.1, -0.05) is 6.92 Å². The van der Waals surface area contributed by atoms with Gasteiger partial charge < -0.3 is 11.1 Å². The van der Waals surface area contributed by atoms with Crippen molar-refractivity contribution in [1.29, 1.82) is 0 Å². The molecule has 1 fully saturated rings. The summed E-state index contributed by atoms with van der Waals surface area (Å²) in [5.41, 5.74) is 7.60. The number of nitrogens with one attached hydrogen (secondary N) is 1. The van der Waals surface area contributed by atoms with E-state index in [1.165, 1.54) is 0 Å². The summed E-state index contributed by atoms with van der Waals surface area (Å²) in [5.74, 6) is -0.208. The zero-order valence-corrected chi connectivity index (χ0v) is 13.0. The van der Waals surface area contributed by atoms with Gasteiger partial charge in [-0.3, -0.25) is 14.7 Å². The number of amides is 1. The molecule has 2 rings (SSSR count). The van der Waals surface area contributed by atoms with Gasteiger partial charge in [0.15, 0.2) is 0 Å². The second-order valence-electron chi connectivity index (χ2n) is 5.92. The van der Waals surface area contributed by atoms with Crippen molar-refractivity contribution in [2.45, 2.75) is 45.7 Å². The van der Waals surface area contributed by atoms with Gasteiger partial charge in [0.25, 0.3) is 0 Å². The summed E-state index contributed by atoms with van der Waals surface area (Å²) in [5, 5.41) is 3.38. The summed E-state index contributed by atoms with van der Waals surface area (Å²) in [6, 6.07) is 4.55. The molecule has 1 aromatic rings. The highest BCUT2D eigenvalue weighted by molar-refractivity contribution is 5.77. The predicted octanol–water partition coefficient (Wildman–Crippen LogP) is 1.99. The summed E-state index contributed by atoms with van der Waals surface area (Å²) in [6.45, 7) is 6.83. The van der Waals surface area contributed by atoms with E-state index in [9.17, 15) is 4.79 Å². The normalized spacial score (nSPS) is 23.0. The first-order valence-corrected chi connectivity index (χ1v) is 7.82. The fourth-order valence-corrected chi connectivity index (χ4v) is 2.78. The van der Waals surface area contributed by atoms with Gasteiger partial charge in [0.2, 0.25) is 5.91 Å². The minimum Gasteiger partial charge on any atom is -0.385 e. The van der Waals surface area contributed by atoms with Gasteiger partial charge in [-0.05, 0) is 38.3 Å². The standard InChI is InChI=1S/C16H26N4O/c1-3-7-18-14-6-8-19-15(9-14)11-20-10-13(16(17)21)5-4-12(20)2/h6,8-9,12-13H,3-5,7,10-11H2,1-2H3,(H2,17,21)(H,18,19). The van der Waals surface area contributed by atoms with E-state index in [2.05, 4.69) is 35.1 Å². The van der Waals surface area contributed by atoms with Crippen molar-refractivity contribution in [3.8, 4) is 0 Å². The SMILES string of the molecule is CCCNc1ccnc(CN2CC(C(N)=O)CCC2C)c1. The van der Waals surface area contributed by atoms with Crippen molar-refractivity contribution in [1.82, 2.24) is 9.88 Å². The van der Waals surface area contributed by atoms with Crippen LogP contribution in [-0.2, 0) is 11.3 Å². The molecule has 116 valence electrons. The van der Waals surface area contributed by atoms with Crippen LogP contribution in [0.4, 0.5) is 5.69 Å². The van der Waals surface area contributed by atoms with Crippen LogP contribution in [0.3, 0.4) is 0 Å². The molecule has 0 bridgehead atoms. The number of carbonyl (C=O) groups is 1. The molecule has 0 radical (unpaired) electrons. The van der Waals surface area contributed by atoms with Crippen LogP contribution < -0.4 is 11.1 Å². The molecule has 21 heavy (non-hydrogen) atoms. The van der Waals surface area contributed by atoms with E-state index in [-0.39, 0.29) is 11.8 Å². The first-order chi connectivity index (χ1) is 10.1. The lowest BCUT2D eigenvalue weighted by molar-refractivity contribution is -0.124. The van der Waals surface area contributed by atoms with E-state index in [0.717, 1.165) is 50.3 Å². The van der Waals surface area contributed by atoms with E-state index < -0.39 is 0 Å². The van der Waals surface area contributed by atoms with Crippen LogP contribution >= 0.6 is 0 Å². The topological polar surface area (TPSA) is 71.2 Å². The van der Waals surface area contributed by atoms with Gasteiger partial charge in [0.1, 0.15) is 0 Å². The fraction of sp³-hybridized carbons (Fsp3) is 0.625. The third-order valence-corrected chi connectivity index (χ3v) is 4.17. The Morgan fingerprint density at radius 3 is 3.05 bits per heavy atom. The van der Waals surface area contributed by atoms with Gasteiger partial charge in [0.05, 0.1) is 11.6 Å². The second-order valence-corrected chi connectivity index (χ2v) is 5.92. The average molecular weight is 290 g/mol. The summed E-state index contributed by atoms with van der Waals surface area (Å²) in [4.78, 5) is 18.2. The Morgan fingerprint density at radius 1 is 1.52 bits per heavy atom. The predicted molar refractivity (Wildman–Crippen MR) is 84.8 cm³/mol. The quantitative estimate of drug-likeness (QED) is 0.840. The van der Waals surface area contributed by atoms with Crippen molar-refractivity contribution in [2.24, 2.45) is 11.7 Å². The van der Waals surface area contributed by atoms with Crippen LogP contribution in [0.1, 0.15) is 38.8 Å². The zero-order chi connectivity index (χ0) is 15.2. The lowest BCUT2D eigenvalue weighted by atomic mass is 9.93. The molecule has 0 saturated carbocycles. The first kappa shape index (κ1) is 15.8. The lowest BCUT2D eigenvalue weighted by Gasteiger charge is -2.36. The van der Waals surface area contributed by atoms with Crippen molar-refractivity contribution >= 4 is 11.6 Å². The molecular weight excluding hydrogens is 264 g/mol. The molecule has 5 heteroatoms. The van der Waals surface area contributed by atoms with Crippen LogP contribution in [0.25, 0.3) is 0 Å². The molecule has 1 aliphatic rings. The lowest BCUT2D eigenvalue weighted by Crippen LogP contribution is -2.45. The van der Waals surface area contributed by atoms with Gasteiger partial charge in [0, 0.05) is 37.6 Å². The Morgan fingerprint density at radius 2 is 2.33 bits per heavy atom. The Balaban J connectivity index is 2.00. The maximum absolute atomic E-state index is 11.4. The third kappa shape index (κ3) is 4.43. The smallest absolute Gasteiger partial charge is 0.221 e. The maximum atomic E-state index is 11.4. The highest BCUT2D eigenvalue weighted by Crippen LogP contribution is 2.23. The number of pyridine rings is 1. The largest absolute Gasteiger partial charge is 0.385 e. The molecule has 0 aromatic carbocycles. The number of aromatic nitrogens is 1. The summed E-state index contributed by atoms with van der Waals surface area (Å²) < 4.78 is 0. The van der Waals surface area contributed by atoms with E-state index in [1.807, 2.05) is 12.3 Å². The second kappa shape index (κ2) is 7.41. The van der Waals surface area contributed by atoms with E-state index in [0.29, 0.717) is 6.04 Å². The molecule has 2 unspecified atom stereocenters. The highest BCUT2D eigenvalue weighted by atomic mass is 16.1. The van der Waals surface area contributed by atoms with Gasteiger partial charge in [-0.25, -0.2) is 0 Å². The molecule has 0 spiro atoms. The summed E-state index contributed by atoms with van der Waals surface area (Å²) in [7, 11) is 0. The van der Waals surface area contributed by atoms with Crippen LogP contribution in [0, 0.1) is 5.92 Å². The minimum absolute atomic E-state index is 0.0254. The Kier molecular flexibility index (Phi) is 5.56. The molecule has 1 saturated heterocycles. The summed E-state index contributed by atoms with van der Waals surface area (Å²) >= 11 is 0. The zero-order valence-electron chi connectivity index (χ0n) is 13.0. The monoisotopic (exact) mass is 290 g/mol. The molecule has 3 N–H and O–H groups in total. The van der Waals surface area contributed by atoms with Crippen LogP contribution in [0.15, 0.2) is 18.3 Å². The molecule has 1 aliphatic heterocycles. The number of hydrogen-bond donors (Lipinski definition) is 2. The number of rotatable bonds is 6. The van der Waals surface area contributed by atoms with E-state index in [1.54, 1.807) is 0 Å². The minimum atomic E-state index is -0.182. The number of piperidine rings is 1. The summed E-state index contributed by atoms with van der Waals surface area (Å²) in [6.07, 6.45) is 4.86.